The van der Waals surface area contributed by atoms with Gasteiger partial charge in [-0.2, -0.15) is 47.7 Å². The molecule has 0 fully saturated rings. The predicted octanol–water partition coefficient (Wildman–Crippen LogP) is 2.15. The molecule has 134 valence electrons. The number of hydrogen-bond acceptors (Lipinski definition) is 5. The molecule has 0 rings (SSSR count). The summed E-state index contributed by atoms with van der Waals surface area (Å²) in [6.45, 7) is 0. The Bertz CT molecular complexity index is 517. The van der Waals surface area contributed by atoms with Crippen LogP contribution in [0, 0.1) is 0 Å². The van der Waals surface area contributed by atoms with Gasteiger partial charge in [-0.1, -0.05) is 0 Å². The molecule has 6 nitrogen and oxygen atoms in total. The Morgan fingerprint density at radius 2 is 1.32 bits per heavy atom. The van der Waals surface area contributed by atoms with Crippen LogP contribution in [0.5, 0.6) is 0 Å². The molecule has 0 aromatic rings. The Kier molecular flexibility index (Phi) is 6.61. The SMILES string of the molecule is Cl.O=C(OF)C(F)(F)C(F)(F)C(F)(OS(=O)(=O)O)C(F)(F)F. The molecule has 22 heavy (non-hydrogen) atoms. The standard InChI is InChI=1S/C5HF9O6S.ClH/c6-2(7,1(15)19-14)3(8,9)4(10,5(11,12)13)20-21(16,17)18;/h(H,16,17,18);1H. The van der Waals surface area contributed by atoms with Crippen molar-refractivity contribution in [3.63, 3.8) is 0 Å². The Morgan fingerprint density at radius 3 is 1.55 bits per heavy atom. The Hall–Kier alpha value is -1.00. The summed E-state index contributed by atoms with van der Waals surface area (Å²) in [7, 11) is -6.69. The molecule has 0 aliphatic rings. The van der Waals surface area contributed by atoms with Gasteiger partial charge in [-0.15, -0.1) is 12.4 Å². The van der Waals surface area contributed by atoms with Crippen molar-refractivity contribution in [2.75, 3.05) is 0 Å². The van der Waals surface area contributed by atoms with Gasteiger partial charge in [-0.25, -0.2) is 9.74 Å². The smallest absolute Gasteiger partial charge is 0.263 e. The van der Waals surface area contributed by atoms with Crippen molar-refractivity contribution < 1.29 is 66.5 Å². The fraction of sp³-hybridized carbons (Fsp3) is 0.800. The first-order chi connectivity index (χ1) is 8.94. The minimum absolute atomic E-state index is 0. The monoisotopic (exact) mass is 396 g/mol. The maximum atomic E-state index is 13.1. The minimum atomic E-state index is -7.34. The molecular formula is C5H2ClF9O6S. The zero-order valence-corrected chi connectivity index (χ0v) is 10.8. The molecule has 0 spiro atoms. The van der Waals surface area contributed by atoms with Crippen LogP contribution in [0.4, 0.5) is 39.6 Å². The lowest BCUT2D eigenvalue weighted by atomic mass is 10.0. The maximum absolute atomic E-state index is 13.1. The zero-order chi connectivity index (χ0) is 17.5. The number of alkyl halides is 8. The average molecular weight is 397 g/mol. The number of hydrogen-bond donors (Lipinski definition) is 1. The van der Waals surface area contributed by atoms with E-state index in [2.05, 4.69) is 0 Å². The first kappa shape index (κ1) is 23.3. The summed E-state index contributed by atoms with van der Waals surface area (Å²) in [5.41, 5.74) is 0. The molecule has 0 saturated carbocycles. The van der Waals surface area contributed by atoms with Crippen molar-refractivity contribution in [2.45, 2.75) is 23.9 Å². The van der Waals surface area contributed by atoms with Gasteiger partial charge < -0.3 is 0 Å². The van der Waals surface area contributed by atoms with E-state index in [1.807, 2.05) is 4.18 Å². The van der Waals surface area contributed by atoms with E-state index >= 15 is 0 Å². The molecular weight excluding hydrogens is 395 g/mol. The van der Waals surface area contributed by atoms with E-state index in [9.17, 15) is 52.9 Å². The largest absolute Gasteiger partial charge is 0.456 e. The van der Waals surface area contributed by atoms with Gasteiger partial charge in [0.1, 0.15) is 0 Å². The first-order valence-corrected chi connectivity index (χ1v) is 5.33. The molecule has 0 aromatic carbocycles. The predicted molar refractivity (Wildman–Crippen MR) is 46.9 cm³/mol. The van der Waals surface area contributed by atoms with Gasteiger partial charge >= 0.3 is 40.2 Å². The molecule has 0 heterocycles. The van der Waals surface area contributed by atoms with Crippen molar-refractivity contribution in [1.29, 1.82) is 0 Å². The van der Waals surface area contributed by atoms with Gasteiger partial charge in [-0.05, 0) is 0 Å². The molecule has 1 N–H and O–H groups in total. The lowest BCUT2D eigenvalue weighted by molar-refractivity contribution is -0.408. The van der Waals surface area contributed by atoms with E-state index in [4.69, 9.17) is 4.55 Å². The van der Waals surface area contributed by atoms with Crippen molar-refractivity contribution in [3.05, 3.63) is 0 Å². The highest BCUT2D eigenvalue weighted by molar-refractivity contribution is 7.80. The maximum Gasteiger partial charge on any atom is 0.456 e. The van der Waals surface area contributed by atoms with E-state index in [0.29, 0.717) is 0 Å². The van der Waals surface area contributed by atoms with Crippen LogP contribution in [0.25, 0.3) is 0 Å². The fourth-order valence-corrected chi connectivity index (χ4v) is 1.29. The summed E-state index contributed by atoms with van der Waals surface area (Å²) in [4.78, 5) is 11.6. The van der Waals surface area contributed by atoms with Gasteiger partial charge in [0.15, 0.2) is 0 Å². The second-order valence-electron chi connectivity index (χ2n) is 3.12. The summed E-state index contributed by atoms with van der Waals surface area (Å²) in [5.74, 6) is -25.3. The van der Waals surface area contributed by atoms with Crippen molar-refractivity contribution in [1.82, 2.24) is 0 Å². The van der Waals surface area contributed by atoms with Crippen molar-refractivity contribution in [2.24, 2.45) is 0 Å². The molecule has 0 aliphatic heterocycles. The number of rotatable bonds is 5. The second kappa shape index (κ2) is 6.25. The summed E-state index contributed by atoms with van der Waals surface area (Å²) in [6, 6.07) is 0. The molecule has 1 unspecified atom stereocenters. The highest BCUT2D eigenvalue weighted by Crippen LogP contribution is 2.53. The molecule has 0 saturated heterocycles. The topological polar surface area (TPSA) is 89.9 Å². The first-order valence-electron chi connectivity index (χ1n) is 3.96. The Morgan fingerprint density at radius 1 is 0.955 bits per heavy atom. The van der Waals surface area contributed by atoms with Gasteiger partial charge in [0, 0.05) is 4.53 Å². The van der Waals surface area contributed by atoms with Crippen molar-refractivity contribution >= 4 is 28.8 Å². The van der Waals surface area contributed by atoms with Crippen LogP contribution < -0.4 is 0 Å². The van der Waals surface area contributed by atoms with Crippen LogP contribution in [0.1, 0.15) is 0 Å². The second-order valence-corrected chi connectivity index (χ2v) is 4.14. The molecule has 1 atom stereocenters. The van der Waals surface area contributed by atoms with Crippen LogP contribution in [0.3, 0.4) is 0 Å². The quantitative estimate of drug-likeness (QED) is 0.566. The molecule has 0 aromatic heterocycles. The third-order valence-corrected chi connectivity index (χ3v) is 2.15. The van der Waals surface area contributed by atoms with Gasteiger partial charge in [-0.3, -0.25) is 4.55 Å². The zero-order valence-electron chi connectivity index (χ0n) is 9.21. The highest BCUT2D eigenvalue weighted by atomic mass is 35.5. The lowest BCUT2D eigenvalue weighted by Crippen LogP contribution is -2.67. The average Bonchev–Trinajstić information content (AvgIpc) is 2.23. The third-order valence-electron chi connectivity index (χ3n) is 1.71. The minimum Gasteiger partial charge on any atom is -0.263 e. The van der Waals surface area contributed by atoms with Gasteiger partial charge in [0.25, 0.3) is 0 Å². The van der Waals surface area contributed by atoms with E-state index < -0.39 is 40.2 Å². The van der Waals surface area contributed by atoms with Gasteiger partial charge in [0.05, 0.1) is 0 Å². The van der Waals surface area contributed by atoms with E-state index in [-0.39, 0.29) is 12.4 Å². The Labute approximate surface area is 120 Å². The summed E-state index contributed by atoms with van der Waals surface area (Å²) < 4.78 is 141. The van der Waals surface area contributed by atoms with Gasteiger partial charge in [0.2, 0.25) is 0 Å². The van der Waals surface area contributed by atoms with Crippen LogP contribution in [0.2, 0.25) is 0 Å². The normalized spacial score (nSPS) is 16.5. The fourth-order valence-electron chi connectivity index (χ4n) is 0.801. The summed E-state index contributed by atoms with van der Waals surface area (Å²) in [6.07, 6.45) is -7.20. The molecule has 0 amide bonds. The number of halogens is 10. The van der Waals surface area contributed by atoms with E-state index in [1.165, 1.54) is 0 Å². The highest BCUT2D eigenvalue weighted by Gasteiger charge is 2.85. The van der Waals surface area contributed by atoms with E-state index in [1.54, 1.807) is 4.94 Å². The van der Waals surface area contributed by atoms with Crippen LogP contribution >= 0.6 is 12.4 Å². The Balaban J connectivity index is 0. The van der Waals surface area contributed by atoms with E-state index in [0.717, 1.165) is 0 Å². The molecule has 0 radical (unpaired) electrons. The number of carbonyl (C=O) groups excluding carboxylic acids is 1. The van der Waals surface area contributed by atoms with Crippen LogP contribution in [0.15, 0.2) is 0 Å². The molecule has 0 bridgehead atoms. The lowest BCUT2D eigenvalue weighted by Gasteiger charge is -2.35. The molecule has 0 aliphatic carbocycles. The van der Waals surface area contributed by atoms with Crippen molar-refractivity contribution in [3.8, 4) is 0 Å². The van der Waals surface area contributed by atoms with Crippen LogP contribution in [-0.2, 0) is 24.3 Å². The summed E-state index contributed by atoms with van der Waals surface area (Å²) >= 11 is 0. The van der Waals surface area contributed by atoms with Crippen LogP contribution in [-0.4, -0.2) is 42.8 Å². The third kappa shape index (κ3) is 3.85. The summed E-state index contributed by atoms with van der Waals surface area (Å²) in [5, 5.41) is 0. The number of carbonyl (C=O) groups is 1. The molecule has 17 heteroatoms.